The van der Waals surface area contributed by atoms with E-state index in [9.17, 15) is 0 Å². The van der Waals surface area contributed by atoms with Crippen molar-refractivity contribution in [2.24, 2.45) is 0 Å². The zero-order valence-electron chi connectivity index (χ0n) is 8.45. The number of aromatic nitrogens is 1. The Kier molecular flexibility index (Phi) is 1.89. The third kappa shape index (κ3) is 1.38. The van der Waals surface area contributed by atoms with E-state index >= 15 is 0 Å². The number of nitrogens with one attached hydrogen (secondary N) is 1. The van der Waals surface area contributed by atoms with Gasteiger partial charge in [-0.25, -0.2) is 0 Å². The number of hydrogen-bond donors (Lipinski definition) is 1. The molecule has 0 aliphatic carbocycles. The van der Waals surface area contributed by atoms with Crippen molar-refractivity contribution in [1.29, 1.82) is 0 Å². The normalized spacial score (nSPS) is 11.0. The quantitative estimate of drug-likeness (QED) is 0.623. The second-order valence-corrected chi connectivity index (χ2v) is 4.65. The maximum absolute atomic E-state index is 3.42. The van der Waals surface area contributed by atoms with E-state index in [2.05, 4.69) is 53.7 Å². The van der Waals surface area contributed by atoms with Crippen LogP contribution in [0.1, 0.15) is 5.69 Å². The molecule has 1 aromatic carbocycles. The molecule has 1 N–H and O–H groups in total. The molecular weight excluding hydrogens is 202 g/mol. The minimum atomic E-state index is 1.22. The maximum Gasteiger partial charge on any atom is 0.0543 e. The van der Waals surface area contributed by atoms with Gasteiger partial charge in [-0.2, -0.15) is 0 Å². The molecule has 2 heteroatoms. The van der Waals surface area contributed by atoms with Crippen LogP contribution in [0.5, 0.6) is 0 Å². The minimum Gasteiger partial charge on any atom is -0.358 e. The van der Waals surface area contributed by atoms with E-state index in [0.29, 0.717) is 0 Å². The van der Waals surface area contributed by atoms with Crippen LogP contribution in [0.4, 0.5) is 0 Å². The zero-order chi connectivity index (χ0) is 10.3. The van der Waals surface area contributed by atoms with E-state index in [1.54, 1.807) is 11.3 Å². The van der Waals surface area contributed by atoms with Crippen molar-refractivity contribution in [1.82, 2.24) is 4.98 Å². The summed E-state index contributed by atoms with van der Waals surface area (Å²) in [5, 5.41) is 3.41. The molecule has 74 valence electrons. The van der Waals surface area contributed by atoms with Gasteiger partial charge < -0.3 is 4.98 Å². The molecule has 3 aromatic rings. The van der Waals surface area contributed by atoms with E-state index in [0.717, 1.165) is 0 Å². The molecule has 1 nitrogen and oxygen atoms in total. The molecular formula is C13H11NS. The van der Waals surface area contributed by atoms with Crippen molar-refractivity contribution in [2.45, 2.75) is 6.92 Å². The molecule has 0 spiro atoms. The van der Waals surface area contributed by atoms with E-state index in [-0.39, 0.29) is 0 Å². The van der Waals surface area contributed by atoms with Gasteiger partial charge in [-0.05, 0) is 24.4 Å². The first-order chi connectivity index (χ1) is 7.34. The average Bonchev–Trinajstić information content (AvgIpc) is 2.82. The highest BCUT2D eigenvalue weighted by Crippen LogP contribution is 2.31. The lowest BCUT2D eigenvalue weighted by molar-refractivity contribution is 1.30. The predicted molar refractivity (Wildman–Crippen MR) is 66.3 cm³/mol. The maximum atomic E-state index is 3.42. The fourth-order valence-electron chi connectivity index (χ4n) is 1.93. The highest BCUT2D eigenvalue weighted by molar-refractivity contribution is 7.13. The molecule has 0 saturated carbocycles. The summed E-state index contributed by atoms with van der Waals surface area (Å²) in [7, 11) is 0. The Morgan fingerprint density at radius 1 is 1.13 bits per heavy atom. The SMILES string of the molecule is Cc1cc2cccc(-c3cccs3)c2[nH]1. The summed E-state index contributed by atoms with van der Waals surface area (Å²) in [4.78, 5) is 4.74. The topological polar surface area (TPSA) is 15.8 Å². The van der Waals surface area contributed by atoms with E-state index in [1.807, 2.05) is 0 Å². The molecule has 0 aliphatic rings. The third-order valence-corrected chi connectivity index (χ3v) is 3.48. The van der Waals surface area contributed by atoms with Crippen molar-refractivity contribution in [3.63, 3.8) is 0 Å². The van der Waals surface area contributed by atoms with Crippen LogP contribution >= 0.6 is 11.3 Å². The van der Waals surface area contributed by atoms with Crippen LogP contribution in [0.25, 0.3) is 21.3 Å². The molecule has 2 aromatic heterocycles. The smallest absolute Gasteiger partial charge is 0.0543 e. The molecule has 0 atom stereocenters. The molecule has 0 saturated heterocycles. The summed E-state index contributed by atoms with van der Waals surface area (Å²) >= 11 is 1.78. The van der Waals surface area contributed by atoms with E-state index < -0.39 is 0 Å². The third-order valence-electron chi connectivity index (χ3n) is 2.58. The number of para-hydroxylation sites is 1. The standard InChI is InChI=1S/C13H11NS/c1-9-8-10-4-2-5-11(13(10)14-9)12-6-3-7-15-12/h2-8,14H,1H3. The number of fused-ring (bicyclic) bond motifs is 1. The van der Waals surface area contributed by atoms with Gasteiger partial charge in [0, 0.05) is 21.5 Å². The van der Waals surface area contributed by atoms with Crippen molar-refractivity contribution in [3.8, 4) is 10.4 Å². The van der Waals surface area contributed by atoms with Crippen molar-refractivity contribution < 1.29 is 0 Å². The first-order valence-electron chi connectivity index (χ1n) is 4.97. The van der Waals surface area contributed by atoms with Crippen molar-refractivity contribution in [2.75, 3.05) is 0 Å². The molecule has 0 unspecified atom stereocenters. The number of hydrogen-bond acceptors (Lipinski definition) is 1. The second kappa shape index (κ2) is 3.24. The van der Waals surface area contributed by atoms with Crippen LogP contribution in [0, 0.1) is 6.92 Å². The molecule has 0 aliphatic heterocycles. The lowest BCUT2D eigenvalue weighted by Crippen LogP contribution is -1.76. The van der Waals surface area contributed by atoms with Crippen molar-refractivity contribution in [3.05, 3.63) is 47.5 Å². The van der Waals surface area contributed by atoms with Crippen LogP contribution in [0.15, 0.2) is 41.8 Å². The van der Waals surface area contributed by atoms with E-state index in [1.165, 1.54) is 27.0 Å². The van der Waals surface area contributed by atoms with Gasteiger partial charge >= 0.3 is 0 Å². The Labute approximate surface area is 92.4 Å². The van der Waals surface area contributed by atoms with Gasteiger partial charge in [0.05, 0.1) is 5.52 Å². The number of benzene rings is 1. The fraction of sp³-hybridized carbons (Fsp3) is 0.0769. The van der Waals surface area contributed by atoms with Gasteiger partial charge in [-0.3, -0.25) is 0 Å². The molecule has 2 heterocycles. The second-order valence-electron chi connectivity index (χ2n) is 3.70. The lowest BCUT2D eigenvalue weighted by atomic mass is 10.1. The number of H-pyrrole nitrogens is 1. The number of thiophene rings is 1. The Hall–Kier alpha value is -1.54. The summed E-state index contributed by atoms with van der Waals surface area (Å²) in [5.41, 5.74) is 3.77. The van der Waals surface area contributed by atoms with Gasteiger partial charge in [-0.15, -0.1) is 11.3 Å². The number of aryl methyl sites for hydroxylation is 1. The summed E-state index contributed by atoms with van der Waals surface area (Å²) in [6, 6.07) is 12.9. The van der Waals surface area contributed by atoms with Crippen LogP contribution < -0.4 is 0 Å². The van der Waals surface area contributed by atoms with Crippen LogP contribution in [0.3, 0.4) is 0 Å². The molecule has 0 fully saturated rings. The largest absolute Gasteiger partial charge is 0.358 e. The number of aromatic amines is 1. The fourth-order valence-corrected chi connectivity index (χ4v) is 2.69. The first kappa shape index (κ1) is 8.74. The molecule has 0 amide bonds. The molecule has 15 heavy (non-hydrogen) atoms. The van der Waals surface area contributed by atoms with Crippen LogP contribution in [-0.4, -0.2) is 4.98 Å². The zero-order valence-corrected chi connectivity index (χ0v) is 9.27. The highest BCUT2D eigenvalue weighted by Gasteiger charge is 2.05. The van der Waals surface area contributed by atoms with Gasteiger partial charge in [0.15, 0.2) is 0 Å². The Balaban J connectivity index is 2.35. The molecule has 0 radical (unpaired) electrons. The summed E-state index contributed by atoms with van der Waals surface area (Å²) in [5.74, 6) is 0. The first-order valence-corrected chi connectivity index (χ1v) is 5.85. The summed E-state index contributed by atoms with van der Waals surface area (Å²) in [6.45, 7) is 2.10. The van der Waals surface area contributed by atoms with E-state index in [4.69, 9.17) is 0 Å². The number of rotatable bonds is 1. The summed E-state index contributed by atoms with van der Waals surface area (Å²) < 4.78 is 0. The Morgan fingerprint density at radius 3 is 2.87 bits per heavy atom. The average molecular weight is 213 g/mol. The minimum absolute atomic E-state index is 1.22. The van der Waals surface area contributed by atoms with Crippen LogP contribution in [-0.2, 0) is 0 Å². The Morgan fingerprint density at radius 2 is 2.07 bits per heavy atom. The predicted octanol–water partition coefficient (Wildman–Crippen LogP) is 4.20. The molecule has 3 rings (SSSR count). The van der Waals surface area contributed by atoms with Crippen LogP contribution in [0.2, 0.25) is 0 Å². The lowest BCUT2D eigenvalue weighted by Gasteiger charge is -1.99. The Bertz CT molecular complexity index is 590. The van der Waals surface area contributed by atoms with Gasteiger partial charge in [-0.1, -0.05) is 24.3 Å². The summed E-state index contributed by atoms with van der Waals surface area (Å²) in [6.07, 6.45) is 0. The van der Waals surface area contributed by atoms with Gasteiger partial charge in [0.1, 0.15) is 0 Å². The van der Waals surface area contributed by atoms with Crippen molar-refractivity contribution >= 4 is 22.2 Å². The highest BCUT2D eigenvalue weighted by atomic mass is 32.1. The van der Waals surface area contributed by atoms with Gasteiger partial charge in [0.25, 0.3) is 0 Å². The van der Waals surface area contributed by atoms with Gasteiger partial charge in [0.2, 0.25) is 0 Å². The molecule has 0 bridgehead atoms. The monoisotopic (exact) mass is 213 g/mol.